The number of halogens is 4. The number of likely N-dealkylation sites (N-methyl/N-ethyl adjacent to an activating group) is 1. The van der Waals surface area contributed by atoms with Crippen molar-refractivity contribution in [3.8, 4) is 16.9 Å². The quantitative estimate of drug-likeness (QED) is 0.314. The van der Waals surface area contributed by atoms with E-state index in [1.165, 1.54) is 43.4 Å². The number of hydrogen-bond donors (Lipinski definition) is 2. The summed E-state index contributed by atoms with van der Waals surface area (Å²) in [5.41, 5.74) is 2.05. The summed E-state index contributed by atoms with van der Waals surface area (Å²) >= 11 is 5.85. The van der Waals surface area contributed by atoms with Gasteiger partial charge in [-0.05, 0) is 59.7 Å². The van der Waals surface area contributed by atoms with Gasteiger partial charge in [0.2, 0.25) is 6.41 Å². The van der Waals surface area contributed by atoms with Crippen molar-refractivity contribution in [2.24, 2.45) is 0 Å². The van der Waals surface area contributed by atoms with Crippen molar-refractivity contribution in [1.82, 2.24) is 5.32 Å². The number of ether oxygens (including phenoxy) is 1. The first-order valence-electron chi connectivity index (χ1n) is 10.3. The van der Waals surface area contributed by atoms with Crippen LogP contribution in [0.3, 0.4) is 0 Å². The molecule has 0 saturated carbocycles. The van der Waals surface area contributed by atoms with E-state index in [-0.39, 0.29) is 16.3 Å². The first-order valence-corrected chi connectivity index (χ1v) is 10.7. The van der Waals surface area contributed by atoms with Crippen molar-refractivity contribution in [2.45, 2.75) is 6.36 Å². The van der Waals surface area contributed by atoms with Gasteiger partial charge >= 0.3 is 6.36 Å². The molecule has 0 saturated heterocycles. The Morgan fingerprint density at radius 2 is 1.61 bits per heavy atom. The van der Waals surface area contributed by atoms with Gasteiger partial charge in [-0.1, -0.05) is 35.9 Å². The Hall–Kier alpha value is -4.31. The van der Waals surface area contributed by atoms with Crippen LogP contribution < -0.4 is 20.3 Å². The Morgan fingerprint density at radius 1 is 0.972 bits per heavy atom. The molecule has 0 atom stereocenters. The molecule has 0 aliphatic carbocycles. The van der Waals surface area contributed by atoms with Crippen LogP contribution in [0.4, 0.5) is 24.5 Å². The highest BCUT2D eigenvalue weighted by Gasteiger charge is 2.31. The lowest BCUT2D eigenvalue weighted by Gasteiger charge is -2.14. The Labute approximate surface area is 209 Å². The number of benzene rings is 3. The maximum atomic E-state index is 12.8. The smallest absolute Gasteiger partial charge is 0.406 e. The van der Waals surface area contributed by atoms with Crippen molar-refractivity contribution < 1.29 is 32.3 Å². The third-order valence-corrected chi connectivity index (χ3v) is 5.03. The van der Waals surface area contributed by atoms with Gasteiger partial charge in [0, 0.05) is 30.2 Å². The number of carbonyl (C=O) groups is 3. The van der Waals surface area contributed by atoms with Gasteiger partial charge in [-0.3, -0.25) is 19.3 Å². The van der Waals surface area contributed by atoms with Crippen LogP contribution in [0.25, 0.3) is 11.1 Å². The standard InChI is InChI=1S/C25H19ClF3N3O4/c1-30-24(35)22(26)14-32(15-33)20-10-8-19(9-11-20)31-23(34)18-6-2-4-16(12-18)17-5-3-7-21(13-17)36-25(27,28)29/h2-15H,1H3,(H,30,35)(H,31,34)/b22-14+. The van der Waals surface area contributed by atoms with Crippen LogP contribution in [-0.4, -0.2) is 31.6 Å². The first-order chi connectivity index (χ1) is 17.1. The average molecular weight is 518 g/mol. The molecule has 11 heteroatoms. The molecule has 0 unspecified atom stereocenters. The zero-order valence-electron chi connectivity index (χ0n) is 18.7. The Morgan fingerprint density at radius 3 is 2.22 bits per heavy atom. The maximum absolute atomic E-state index is 12.8. The molecular weight excluding hydrogens is 499 g/mol. The normalized spacial score (nSPS) is 11.4. The SMILES string of the molecule is CNC(=O)/C(Cl)=C\N(C=O)c1ccc(NC(=O)c2cccc(-c3cccc(OC(F)(F)F)c3)c2)cc1. The van der Waals surface area contributed by atoms with Gasteiger partial charge in [-0.15, -0.1) is 13.2 Å². The van der Waals surface area contributed by atoms with E-state index in [0.29, 0.717) is 28.9 Å². The van der Waals surface area contributed by atoms with Gasteiger partial charge in [0.15, 0.2) is 0 Å². The topological polar surface area (TPSA) is 87.7 Å². The highest BCUT2D eigenvalue weighted by atomic mass is 35.5. The zero-order chi connectivity index (χ0) is 26.3. The molecule has 2 N–H and O–H groups in total. The Balaban J connectivity index is 1.74. The summed E-state index contributed by atoms with van der Waals surface area (Å²) in [4.78, 5) is 36.8. The van der Waals surface area contributed by atoms with Gasteiger partial charge in [0.1, 0.15) is 10.8 Å². The molecule has 0 aliphatic heterocycles. The summed E-state index contributed by atoms with van der Waals surface area (Å²) in [6.45, 7) is 0. The van der Waals surface area contributed by atoms with Crippen molar-refractivity contribution in [3.63, 3.8) is 0 Å². The molecule has 36 heavy (non-hydrogen) atoms. The van der Waals surface area contributed by atoms with E-state index in [9.17, 15) is 27.6 Å². The largest absolute Gasteiger partial charge is 0.573 e. The maximum Gasteiger partial charge on any atom is 0.573 e. The number of nitrogens with zero attached hydrogens (tertiary/aromatic N) is 1. The number of amides is 3. The van der Waals surface area contributed by atoms with E-state index < -0.39 is 18.2 Å². The fraction of sp³-hybridized carbons (Fsp3) is 0.0800. The second kappa shape index (κ2) is 11.4. The molecule has 0 aromatic heterocycles. The minimum atomic E-state index is -4.81. The van der Waals surface area contributed by atoms with E-state index in [1.54, 1.807) is 36.4 Å². The molecule has 3 aromatic rings. The summed E-state index contributed by atoms with van der Waals surface area (Å²) < 4.78 is 41.5. The van der Waals surface area contributed by atoms with Gasteiger partial charge in [-0.25, -0.2) is 0 Å². The molecule has 7 nitrogen and oxygen atoms in total. The molecule has 0 bridgehead atoms. The van der Waals surface area contributed by atoms with Crippen molar-refractivity contribution in [2.75, 3.05) is 17.3 Å². The molecule has 0 heterocycles. The Bertz CT molecular complexity index is 1290. The van der Waals surface area contributed by atoms with Crippen molar-refractivity contribution in [1.29, 1.82) is 0 Å². The van der Waals surface area contributed by atoms with Gasteiger partial charge < -0.3 is 15.4 Å². The van der Waals surface area contributed by atoms with Crippen LogP contribution in [0.5, 0.6) is 5.75 Å². The molecular formula is C25H19ClF3N3O4. The summed E-state index contributed by atoms with van der Waals surface area (Å²) in [5.74, 6) is -1.39. The zero-order valence-corrected chi connectivity index (χ0v) is 19.4. The molecule has 0 aliphatic rings. The highest BCUT2D eigenvalue weighted by Crippen LogP contribution is 2.28. The fourth-order valence-electron chi connectivity index (χ4n) is 3.10. The summed E-state index contributed by atoms with van der Waals surface area (Å²) in [6.07, 6.45) is -3.19. The van der Waals surface area contributed by atoms with Crippen LogP contribution in [-0.2, 0) is 9.59 Å². The Kier molecular flexibility index (Phi) is 8.34. The molecule has 3 aromatic carbocycles. The molecule has 3 rings (SSSR count). The number of alkyl halides is 3. The van der Waals surface area contributed by atoms with Crippen LogP contribution in [0.2, 0.25) is 0 Å². The minimum absolute atomic E-state index is 0.197. The van der Waals surface area contributed by atoms with Crippen LogP contribution in [0.1, 0.15) is 10.4 Å². The van der Waals surface area contributed by atoms with Crippen molar-refractivity contribution in [3.05, 3.63) is 89.6 Å². The van der Waals surface area contributed by atoms with Gasteiger partial charge in [0.25, 0.3) is 11.8 Å². The molecule has 0 radical (unpaired) electrons. The second-order valence-electron chi connectivity index (χ2n) is 7.23. The summed E-state index contributed by atoms with van der Waals surface area (Å²) in [6, 6.07) is 18.0. The summed E-state index contributed by atoms with van der Waals surface area (Å²) in [5, 5.41) is 4.85. The predicted molar refractivity (Wildman–Crippen MR) is 130 cm³/mol. The lowest BCUT2D eigenvalue weighted by atomic mass is 10.0. The summed E-state index contributed by atoms with van der Waals surface area (Å²) in [7, 11) is 1.40. The number of hydrogen-bond acceptors (Lipinski definition) is 4. The minimum Gasteiger partial charge on any atom is -0.406 e. The first kappa shape index (κ1) is 26.3. The number of nitrogens with one attached hydrogen (secondary N) is 2. The lowest BCUT2D eigenvalue weighted by molar-refractivity contribution is -0.274. The molecule has 0 spiro atoms. The second-order valence-corrected chi connectivity index (χ2v) is 7.63. The fourth-order valence-corrected chi connectivity index (χ4v) is 3.30. The monoisotopic (exact) mass is 517 g/mol. The van der Waals surface area contributed by atoms with Crippen LogP contribution >= 0.6 is 11.6 Å². The number of anilines is 2. The molecule has 3 amide bonds. The third kappa shape index (κ3) is 7.09. The van der Waals surface area contributed by atoms with E-state index >= 15 is 0 Å². The predicted octanol–water partition coefficient (Wildman–Crippen LogP) is 5.29. The average Bonchev–Trinajstić information content (AvgIpc) is 2.86. The van der Waals surface area contributed by atoms with Gasteiger partial charge in [0.05, 0.1) is 0 Å². The lowest BCUT2D eigenvalue weighted by Crippen LogP contribution is -2.21. The van der Waals surface area contributed by atoms with E-state index in [4.69, 9.17) is 11.6 Å². The van der Waals surface area contributed by atoms with Crippen LogP contribution in [0, 0.1) is 0 Å². The number of carbonyl (C=O) groups excluding carboxylic acids is 3. The third-order valence-electron chi connectivity index (χ3n) is 4.76. The molecule has 0 fully saturated rings. The van der Waals surface area contributed by atoms with E-state index in [0.717, 1.165) is 11.1 Å². The van der Waals surface area contributed by atoms with E-state index in [1.807, 2.05) is 0 Å². The number of rotatable bonds is 8. The van der Waals surface area contributed by atoms with Crippen molar-refractivity contribution >= 4 is 41.2 Å². The van der Waals surface area contributed by atoms with Gasteiger partial charge in [-0.2, -0.15) is 0 Å². The van der Waals surface area contributed by atoms with E-state index in [2.05, 4.69) is 15.4 Å². The highest BCUT2D eigenvalue weighted by molar-refractivity contribution is 6.42. The van der Waals surface area contributed by atoms with Crippen LogP contribution in [0.15, 0.2) is 84.0 Å². The molecule has 186 valence electrons.